The second kappa shape index (κ2) is 4.98. The van der Waals surface area contributed by atoms with Crippen LogP contribution in [0.25, 0.3) is 0 Å². The van der Waals surface area contributed by atoms with Gasteiger partial charge in [-0.2, -0.15) is 13.2 Å². The Bertz CT molecular complexity index is 255. The molecule has 0 spiro atoms. The SMILES string of the molecule is O=C(O)C(F)(F)F.OC1CO[C@@H]2CCO[C@H]12. The first-order valence-corrected chi connectivity index (χ1v) is 4.53. The number of aliphatic hydroxyl groups excluding tert-OH is 1. The number of hydrogen-bond acceptors (Lipinski definition) is 4. The Labute approximate surface area is 88.8 Å². The lowest BCUT2D eigenvalue weighted by Crippen LogP contribution is -2.26. The summed E-state index contributed by atoms with van der Waals surface area (Å²) in [6.07, 6.45) is -4.36. The summed E-state index contributed by atoms with van der Waals surface area (Å²) in [7, 11) is 0. The Morgan fingerprint density at radius 2 is 1.88 bits per heavy atom. The van der Waals surface area contributed by atoms with Crippen molar-refractivity contribution in [1.29, 1.82) is 0 Å². The van der Waals surface area contributed by atoms with Crippen LogP contribution in [-0.4, -0.2) is 53.9 Å². The molecule has 0 saturated carbocycles. The van der Waals surface area contributed by atoms with Gasteiger partial charge in [0.25, 0.3) is 0 Å². The maximum Gasteiger partial charge on any atom is 0.490 e. The van der Waals surface area contributed by atoms with Crippen molar-refractivity contribution in [2.45, 2.75) is 30.9 Å². The summed E-state index contributed by atoms with van der Waals surface area (Å²) in [5.74, 6) is -2.76. The lowest BCUT2D eigenvalue weighted by atomic mass is 10.1. The first kappa shape index (κ1) is 13.2. The largest absolute Gasteiger partial charge is 0.490 e. The molecule has 2 saturated heterocycles. The van der Waals surface area contributed by atoms with Gasteiger partial charge in [0.2, 0.25) is 0 Å². The molecule has 0 radical (unpaired) electrons. The van der Waals surface area contributed by atoms with Gasteiger partial charge in [-0.3, -0.25) is 0 Å². The van der Waals surface area contributed by atoms with E-state index in [-0.39, 0.29) is 18.3 Å². The number of halogens is 3. The number of fused-ring (bicyclic) bond motifs is 1. The van der Waals surface area contributed by atoms with Crippen molar-refractivity contribution in [1.82, 2.24) is 0 Å². The van der Waals surface area contributed by atoms with E-state index in [9.17, 15) is 13.2 Å². The van der Waals surface area contributed by atoms with Crippen molar-refractivity contribution in [2.75, 3.05) is 13.2 Å². The molecule has 2 fully saturated rings. The molecule has 2 N–H and O–H groups in total. The maximum absolute atomic E-state index is 10.6. The highest BCUT2D eigenvalue weighted by molar-refractivity contribution is 5.73. The fourth-order valence-electron chi connectivity index (χ4n) is 1.45. The first-order chi connectivity index (χ1) is 7.32. The van der Waals surface area contributed by atoms with Crippen molar-refractivity contribution in [2.24, 2.45) is 0 Å². The van der Waals surface area contributed by atoms with Gasteiger partial charge < -0.3 is 19.7 Å². The van der Waals surface area contributed by atoms with Gasteiger partial charge in [0, 0.05) is 6.61 Å². The zero-order chi connectivity index (χ0) is 12.3. The first-order valence-electron chi connectivity index (χ1n) is 4.53. The Morgan fingerprint density at radius 1 is 1.31 bits per heavy atom. The molecule has 5 nitrogen and oxygen atoms in total. The maximum atomic E-state index is 10.6. The smallest absolute Gasteiger partial charge is 0.475 e. The average molecular weight is 244 g/mol. The van der Waals surface area contributed by atoms with Gasteiger partial charge in [-0.15, -0.1) is 0 Å². The summed E-state index contributed by atoms with van der Waals surface area (Å²) in [5, 5.41) is 16.3. The van der Waals surface area contributed by atoms with E-state index in [0.29, 0.717) is 6.61 Å². The van der Waals surface area contributed by atoms with Crippen LogP contribution in [0.2, 0.25) is 0 Å². The fraction of sp³-hybridized carbons (Fsp3) is 0.875. The minimum atomic E-state index is -5.08. The third-order valence-corrected chi connectivity index (χ3v) is 2.18. The van der Waals surface area contributed by atoms with Gasteiger partial charge in [-0.1, -0.05) is 0 Å². The summed E-state index contributed by atoms with van der Waals surface area (Å²) in [6, 6.07) is 0. The minimum absolute atomic E-state index is 0.0231. The molecule has 0 aromatic rings. The fourth-order valence-corrected chi connectivity index (χ4v) is 1.45. The highest BCUT2D eigenvalue weighted by Gasteiger charge is 2.40. The van der Waals surface area contributed by atoms with E-state index >= 15 is 0 Å². The van der Waals surface area contributed by atoms with Crippen LogP contribution in [0, 0.1) is 0 Å². The van der Waals surface area contributed by atoms with Crippen molar-refractivity contribution in [3.8, 4) is 0 Å². The molecule has 2 heterocycles. The van der Waals surface area contributed by atoms with E-state index in [1.54, 1.807) is 0 Å². The standard InChI is InChI=1S/C6H10O3.C2HF3O2/c7-4-3-9-5-1-2-8-6(4)5;3-2(4,5)1(6)7/h4-7H,1-3H2;(H,6,7)/t4?,5-,6-;/m1./s1. The molecule has 0 aromatic carbocycles. The third-order valence-electron chi connectivity index (χ3n) is 2.18. The predicted molar refractivity (Wildman–Crippen MR) is 43.8 cm³/mol. The second-order valence-corrected chi connectivity index (χ2v) is 3.37. The number of alkyl halides is 3. The van der Waals surface area contributed by atoms with Crippen LogP contribution in [0.4, 0.5) is 13.2 Å². The molecule has 0 aliphatic carbocycles. The van der Waals surface area contributed by atoms with E-state index in [0.717, 1.165) is 13.0 Å². The molecule has 8 heteroatoms. The zero-order valence-corrected chi connectivity index (χ0v) is 8.11. The number of carboxylic acids is 1. The Morgan fingerprint density at radius 3 is 2.31 bits per heavy atom. The quantitative estimate of drug-likeness (QED) is 0.635. The molecular formula is C8H11F3O5. The molecule has 16 heavy (non-hydrogen) atoms. The highest BCUT2D eigenvalue weighted by atomic mass is 19.4. The van der Waals surface area contributed by atoms with Gasteiger partial charge in [0.1, 0.15) is 12.2 Å². The number of rotatable bonds is 0. The molecule has 2 aliphatic rings. The Balaban J connectivity index is 0.000000168. The number of carboxylic acid groups (broad SMARTS) is 1. The number of hydrogen-bond donors (Lipinski definition) is 2. The van der Waals surface area contributed by atoms with E-state index in [4.69, 9.17) is 24.5 Å². The predicted octanol–water partition coefficient (Wildman–Crippen LogP) is 0.168. The van der Waals surface area contributed by atoms with Crippen LogP contribution in [0.15, 0.2) is 0 Å². The molecule has 0 aromatic heterocycles. The van der Waals surface area contributed by atoms with Crippen LogP contribution in [0.3, 0.4) is 0 Å². The topological polar surface area (TPSA) is 76.0 Å². The van der Waals surface area contributed by atoms with Crippen molar-refractivity contribution < 1.29 is 37.7 Å². The summed E-state index contributed by atoms with van der Waals surface area (Å²) >= 11 is 0. The minimum Gasteiger partial charge on any atom is -0.475 e. The summed E-state index contributed by atoms with van der Waals surface area (Å²) in [5.41, 5.74) is 0. The molecule has 0 bridgehead atoms. The number of carbonyl (C=O) groups is 1. The van der Waals surface area contributed by atoms with E-state index in [1.165, 1.54) is 0 Å². The number of aliphatic carboxylic acids is 1. The molecule has 1 unspecified atom stereocenters. The van der Waals surface area contributed by atoms with Gasteiger partial charge in [0.15, 0.2) is 0 Å². The number of aliphatic hydroxyl groups is 1. The summed E-state index contributed by atoms with van der Waals surface area (Å²) in [6.45, 7) is 1.20. The van der Waals surface area contributed by atoms with Gasteiger partial charge >= 0.3 is 12.1 Å². The lowest BCUT2D eigenvalue weighted by molar-refractivity contribution is -0.192. The molecular weight excluding hydrogens is 233 g/mol. The van der Waals surface area contributed by atoms with E-state index in [1.807, 2.05) is 0 Å². The van der Waals surface area contributed by atoms with Crippen LogP contribution in [0.1, 0.15) is 6.42 Å². The van der Waals surface area contributed by atoms with Crippen molar-refractivity contribution >= 4 is 5.97 Å². The average Bonchev–Trinajstić information content (AvgIpc) is 2.71. The third kappa shape index (κ3) is 3.32. The molecule has 3 atom stereocenters. The van der Waals surface area contributed by atoms with Crippen LogP contribution in [0.5, 0.6) is 0 Å². The van der Waals surface area contributed by atoms with Crippen LogP contribution in [-0.2, 0) is 14.3 Å². The molecule has 94 valence electrons. The van der Waals surface area contributed by atoms with E-state index < -0.39 is 12.1 Å². The normalized spacial score (nSPS) is 32.9. The highest BCUT2D eigenvalue weighted by Crippen LogP contribution is 2.25. The van der Waals surface area contributed by atoms with Gasteiger partial charge in [0.05, 0.1) is 12.7 Å². The van der Waals surface area contributed by atoms with Crippen LogP contribution < -0.4 is 0 Å². The second-order valence-electron chi connectivity index (χ2n) is 3.37. The summed E-state index contributed by atoms with van der Waals surface area (Å²) in [4.78, 5) is 8.90. The summed E-state index contributed by atoms with van der Waals surface area (Å²) < 4.78 is 42.2. The monoisotopic (exact) mass is 244 g/mol. The van der Waals surface area contributed by atoms with Crippen molar-refractivity contribution in [3.63, 3.8) is 0 Å². The zero-order valence-electron chi connectivity index (χ0n) is 8.11. The Kier molecular flexibility index (Phi) is 4.11. The molecule has 0 amide bonds. The molecule has 2 aliphatic heterocycles. The van der Waals surface area contributed by atoms with Crippen molar-refractivity contribution in [3.05, 3.63) is 0 Å². The van der Waals surface area contributed by atoms with Gasteiger partial charge in [-0.05, 0) is 6.42 Å². The lowest BCUT2D eigenvalue weighted by Gasteiger charge is -2.08. The number of ether oxygens (including phenoxy) is 2. The van der Waals surface area contributed by atoms with E-state index in [2.05, 4.69) is 0 Å². The van der Waals surface area contributed by atoms with Crippen LogP contribution >= 0.6 is 0 Å². The van der Waals surface area contributed by atoms with Gasteiger partial charge in [-0.25, -0.2) is 4.79 Å². The Hall–Kier alpha value is -0.860. The molecule has 2 rings (SSSR count).